The standard InChI is InChI=1S/C29H25NO4/c1-3-16-34-19-14-12-18(13-15-19)30-27(32)25-24-20-8-4-6-10-22(20)29(17(2)31,26(25)28(30)33)23-11-7-5-9-21(23)24/h4-15,24-26H,3,16H2,1-2H3. The maximum Gasteiger partial charge on any atom is 0.239 e. The number of Topliss-reactive ketones (excluding diaryl/α,β-unsaturated/α-hetero) is 1. The molecule has 0 aromatic heterocycles. The van der Waals surface area contributed by atoms with Gasteiger partial charge in [-0.3, -0.25) is 14.4 Å². The number of benzene rings is 3. The fraction of sp³-hybridized carbons (Fsp3) is 0.276. The van der Waals surface area contributed by atoms with Crippen molar-refractivity contribution < 1.29 is 19.1 Å². The highest BCUT2D eigenvalue weighted by Gasteiger charge is 2.69. The molecule has 0 N–H and O–H groups in total. The lowest BCUT2D eigenvalue weighted by molar-refractivity contribution is -0.132. The predicted molar refractivity (Wildman–Crippen MR) is 128 cm³/mol. The van der Waals surface area contributed by atoms with Crippen LogP contribution in [0.25, 0.3) is 0 Å². The molecule has 2 amide bonds. The minimum Gasteiger partial charge on any atom is -0.494 e. The van der Waals surface area contributed by atoms with Crippen LogP contribution in [0.5, 0.6) is 5.75 Å². The molecule has 7 rings (SSSR count). The molecule has 1 saturated heterocycles. The lowest BCUT2D eigenvalue weighted by Gasteiger charge is -2.52. The van der Waals surface area contributed by atoms with E-state index in [0.717, 1.165) is 28.7 Å². The number of hydrogen-bond acceptors (Lipinski definition) is 4. The zero-order chi connectivity index (χ0) is 23.6. The monoisotopic (exact) mass is 451 g/mol. The number of nitrogens with zero attached hydrogens (tertiary/aromatic N) is 1. The van der Waals surface area contributed by atoms with Gasteiger partial charge in [0.1, 0.15) is 11.5 Å². The number of imide groups is 1. The number of carbonyl (C=O) groups is 3. The van der Waals surface area contributed by atoms with Crippen LogP contribution in [0.1, 0.15) is 48.4 Å². The van der Waals surface area contributed by atoms with E-state index in [9.17, 15) is 14.4 Å². The Morgan fingerprint density at radius 3 is 2.03 bits per heavy atom. The van der Waals surface area contributed by atoms with Gasteiger partial charge in [0.15, 0.2) is 0 Å². The van der Waals surface area contributed by atoms with Crippen molar-refractivity contribution >= 4 is 23.3 Å². The van der Waals surface area contributed by atoms with E-state index < -0.39 is 17.3 Å². The van der Waals surface area contributed by atoms with Gasteiger partial charge in [0, 0.05) is 5.92 Å². The van der Waals surface area contributed by atoms with Crippen molar-refractivity contribution in [3.8, 4) is 5.75 Å². The Labute approximate surface area is 198 Å². The van der Waals surface area contributed by atoms with Gasteiger partial charge in [0.2, 0.25) is 11.8 Å². The molecule has 0 radical (unpaired) electrons. The Balaban J connectivity index is 1.54. The number of ether oxygens (including phenoxy) is 1. The maximum absolute atomic E-state index is 14.0. The summed E-state index contributed by atoms with van der Waals surface area (Å²) in [4.78, 5) is 42.9. The predicted octanol–water partition coefficient (Wildman–Crippen LogP) is 4.62. The third-order valence-corrected chi connectivity index (χ3v) is 7.74. The highest BCUT2D eigenvalue weighted by Crippen LogP contribution is 2.64. The number of rotatable bonds is 5. The molecule has 2 unspecified atom stereocenters. The summed E-state index contributed by atoms with van der Waals surface area (Å²) in [5, 5.41) is 0. The van der Waals surface area contributed by atoms with Crippen LogP contribution in [-0.2, 0) is 19.8 Å². The SMILES string of the molecule is CCCOc1ccc(N2C(=O)C3C4c5ccccc5C(C(C)=O)(c5ccccc54)C3C2=O)cc1. The van der Waals surface area contributed by atoms with E-state index in [2.05, 4.69) is 0 Å². The van der Waals surface area contributed by atoms with E-state index in [4.69, 9.17) is 4.74 Å². The second-order valence-corrected chi connectivity index (χ2v) is 9.37. The molecule has 5 nitrogen and oxygen atoms in total. The first-order valence-corrected chi connectivity index (χ1v) is 11.8. The van der Waals surface area contributed by atoms with Gasteiger partial charge in [0.25, 0.3) is 0 Å². The quantitative estimate of drug-likeness (QED) is 0.531. The smallest absolute Gasteiger partial charge is 0.239 e. The van der Waals surface area contributed by atoms with Crippen LogP contribution < -0.4 is 9.64 Å². The molecule has 1 heterocycles. The third kappa shape index (κ3) is 2.47. The van der Waals surface area contributed by atoms with Crippen molar-refractivity contribution in [1.82, 2.24) is 0 Å². The molecule has 3 aromatic carbocycles. The Kier molecular flexibility index (Phi) is 4.53. The minimum absolute atomic E-state index is 0.105. The fourth-order valence-corrected chi connectivity index (χ4v) is 6.54. The average Bonchev–Trinajstić information content (AvgIpc) is 3.13. The summed E-state index contributed by atoms with van der Waals surface area (Å²) in [5.41, 5.74) is 3.02. The zero-order valence-corrected chi connectivity index (χ0v) is 19.2. The normalized spacial score (nSPS) is 26.2. The number of amides is 2. The van der Waals surface area contributed by atoms with Crippen LogP contribution in [-0.4, -0.2) is 24.2 Å². The second kappa shape index (κ2) is 7.39. The van der Waals surface area contributed by atoms with Gasteiger partial charge in [-0.05, 0) is 59.9 Å². The molecule has 0 spiro atoms. The van der Waals surface area contributed by atoms with Crippen molar-refractivity contribution in [3.63, 3.8) is 0 Å². The van der Waals surface area contributed by atoms with Crippen LogP contribution in [0.4, 0.5) is 5.69 Å². The molecule has 2 atom stereocenters. The van der Waals surface area contributed by atoms with E-state index in [1.165, 1.54) is 4.90 Å². The van der Waals surface area contributed by atoms with Crippen LogP contribution in [0.15, 0.2) is 72.8 Å². The molecule has 34 heavy (non-hydrogen) atoms. The van der Waals surface area contributed by atoms with Crippen molar-refractivity contribution in [2.24, 2.45) is 11.8 Å². The van der Waals surface area contributed by atoms with Gasteiger partial charge >= 0.3 is 0 Å². The van der Waals surface area contributed by atoms with Crippen molar-refractivity contribution in [3.05, 3.63) is 95.1 Å². The highest BCUT2D eigenvalue weighted by molar-refractivity contribution is 6.25. The molecule has 1 fully saturated rings. The van der Waals surface area contributed by atoms with Gasteiger partial charge in [-0.25, -0.2) is 4.90 Å². The first kappa shape index (κ1) is 20.8. The fourth-order valence-electron chi connectivity index (χ4n) is 6.54. The number of carbonyl (C=O) groups excluding carboxylic acids is 3. The molecule has 5 heteroatoms. The molecule has 3 aliphatic carbocycles. The molecule has 0 saturated carbocycles. The van der Waals surface area contributed by atoms with Crippen LogP contribution >= 0.6 is 0 Å². The van der Waals surface area contributed by atoms with E-state index in [-0.39, 0.29) is 23.5 Å². The molecular weight excluding hydrogens is 426 g/mol. The van der Waals surface area contributed by atoms with E-state index in [1.54, 1.807) is 31.2 Å². The Morgan fingerprint density at radius 1 is 0.882 bits per heavy atom. The molecule has 2 bridgehead atoms. The Morgan fingerprint density at radius 2 is 1.47 bits per heavy atom. The summed E-state index contributed by atoms with van der Waals surface area (Å²) in [6.45, 7) is 4.19. The average molecular weight is 452 g/mol. The summed E-state index contributed by atoms with van der Waals surface area (Å²) >= 11 is 0. The third-order valence-electron chi connectivity index (χ3n) is 7.74. The number of anilines is 1. The summed E-state index contributed by atoms with van der Waals surface area (Å²) in [6.07, 6.45) is 0.893. The molecule has 1 aliphatic heterocycles. The van der Waals surface area contributed by atoms with Crippen LogP contribution in [0.2, 0.25) is 0 Å². The summed E-state index contributed by atoms with van der Waals surface area (Å²) < 4.78 is 5.66. The van der Waals surface area contributed by atoms with E-state index in [0.29, 0.717) is 18.0 Å². The van der Waals surface area contributed by atoms with Gasteiger partial charge < -0.3 is 4.74 Å². The molecule has 3 aromatic rings. The van der Waals surface area contributed by atoms with Crippen molar-refractivity contribution in [2.75, 3.05) is 11.5 Å². The van der Waals surface area contributed by atoms with E-state index in [1.807, 2.05) is 55.5 Å². The van der Waals surface area contributed by atoms with Gasteiger partial charge in [-0.15, -0.1) is 0 Å². The maximum atomic E-state index is 14.0. The number of ketones is 1. The summed E-state index contributed by atoms with van der Waals surface area (Å²) in [5.74, 6) is -1.58. The summed E-state index contributed by atoms with van der Waals surface area (Å²) in [6, 6.07) is 22.7. The van der Waals surface area contributed by atoms with Crippen molar-refractivity contribution in [1.29, 1.82) is 0 Å². The Hall–Kier alpha value is -3.73. The van der Waals surface area contributed by atoms with Crippen LogP contribution in [0, 0.1) is 11.8 Å². The van der Waals surface area contributed by atoms with Gasteiger partial charge in [-0.1, -0.05) is 55.5 Å². The zero-order valence-electron chi connectivity index (χ0n) is 19.2. The molecule has 170 valence electrons. The van der Waals surface area contributed by atoms with E-state index >= 15 is 0 Å². The van der Waals surface area contributed by atoms with Crippen molar-refractivity contribution in [2.45, 2.75) is 31.6 Å². The second-order valence-electron chi connectivity index (χ2n) is 9.37. The van der Waals surface area contributed by atoms with Crippen LogP contribution in [0.3, 0.4) is 0 Å². The minimum atomic E-state index is -1.17. The Bertz CT molecular complexity index is 1290. The number of hydrogen-bond donors (Lipinski definition) is 0. The summed E-state index contributed by atoms with van der Waals surface area (Å²) in [7, 11) is 0. The molecule has 4 aliphatic rings. The lowest BCUT2D eigenvalue weighted by Crippen LogP contribution is -2.57. The first-order valence-electron chi connectivity index (χ1n) is 11.8. The van der Waals surface area contributed by atoms with Gasteiger partial charge in [-0.2, -0.15) is 0 Å². The largest absolute Gasteiger partial charge is 0.494 e. The topological polar surface area (TPSA) is 63.7 Å². The van der Waals surface area contributed by atoms with Gasteiger partial charge in [0.05, 0.1) is 29.5 Å². The molecular formula is C29H25NO4. The first-order chi connectivity index (χ1) is 16.5. The lowest BCUT2D eigenvalue weighted by atomic mass is 9.46. The highest BCUT2D eigenvalue weighted by atomic mass is 16.5.